The Morgan fingerprint density at radius 3 is 2.45 bits per heavy atom. The van der Waals surface area contributed by atoms with Crippen LogP contribution in [0.1, 0.15) is 0 Å². The second kappa shape index (κ2) is 7.81. The van der Waals surface area contributed by atoms with Crippen LogP contribution in [0.15, 0.2) is 47.4 Å². The number of carbonyl (C=O) groups is 1. The molecule has 1 amide bonds. The van der Waals surface area contributed by atoms with E-state index in [1.54, 1.807) is 23.1 Å². The summed E-state index contributed by atoms with van der Waals surface area (Å²) in [7, 11) is -3.83. The summed E-state index contributed by atoms with van der Waals surface area (Å²) in [5.41, 5.74) is 0. The van der Waals surface area contributed by atoms with Gasteiger partial charge < -0.3 is 14.4 Å². The number of sulfonamides is 1. The number of halogens is 2. The van der Waals surface area contributed by atoms with Crippen LogP contribution in [-0.2, 0) is 14.8 Å². The lowest BCUT2D eigenvalue weighted by molar-refractivity contribution is -0.142. The third kappa shape index (κ3) is 3.90. The summed E-state index contributed by atoms with van der Waals surface area (Å²) in [6.45, 7) is 0.770. The van der Waals surface area contributed by atoms with Crippen LogP contribution in [0.5, 0.6) is 11.5 Å². The summed E-state index contributed by atoms with van der Waals surface area (Å²) in [4.78, 5) is 14.2. The molecule has 7 nitrogen and oxygen atoms in total. The van der Waals surface area contributed by atoms with E-state index >= 15 is 0 Å². The summed E-state index contributed by atoms with van der Waals surface area (Å²) in [5.74, 6) is 0.163. The van der Waals surface area contributed by atoms with Crippen molar-refractivity contribution in [3.05, 3.63) is 53.3 Å². The third-order valence-corrected chi connectivity index (χ3v) is 7.05. The first kappa shape index (κ1) is 19.9. The molecule has 29 heavy (non-hydrogen) atoms. The lowest BCUT2D eigenvalue weighted by Crippen LogP contribution is -2.55. The Balaban J connectivity index is 1.40. The van der Waals surface area contributed by atoms with E-state index in [9.17, 15) is 17.6 Å². The van der Waals surface area contributed by atoms with Crippen molar-refractivity contribution in [2.75, 3.05) is 32.8 Å². The minimum absolute atomic E-state index is 0.0794. The highest BCUT2D eigenvalue weighted by Crippen LogP contribution is 2.31. The molecule has 154 valence electrons. The molecule has 0 aliphatic carbocycles. The van der Waals surface area contributed by atoms with Gasteiger partial charge in [-0.3, -0.25) is 4.79 Å². The molecule has 4 rings (SSSR count). The van der Waals surface area contributed by atoms with E-state index in [1.807, 2.05) is 6.07 Å². The van der Waals surface area contributed by atoms with E-state index in [2.05, 4.69) is 0 Å². The van der Waals surface area contributed by atoms with Gasteiger partial charge >= 0.3 is 0 Å². The van der Waals surface area contributed by atoms with Gasteiger partial charge in [-0.1, -0.05) is 23.7 Å². The monoisotopic (exact) mass is 440 g/mol. The molecule has 0 spiro atoms. The molecule has 0 aromatic heterocycles. The van der Waals surface area contributed by atoms with E-state index in [4.69, 9.17) is 21.1 Å². The minimum atomic E-state index is -3.83. The van der Waals surface area contributed by atoms with E-state index in [1.165, 1.54) is 10.4 Å². The van der Waals surface area contributed by atoms with Crippen molar-refractivity contribution >= 4 is 27.5 Å². The number of para-hydroxylation sites is 2. The van der Waals surface area contributed by atoms with Gasteiger partial charge in [-0.15, -0.1) is 0 Å². The molecule has 10 heteroatoms. The largest absolute Gasteiger partial charge is 0.485 e. The zero-order chi connectivity index (χ0) is 20.6. The van der Waals surface area contributed by atoms with Crippen LogP contribution in [0, 0.1) is 5.82 Å². The molecule has 0 radical (unpaired) electrons. The first-order valence-corrected chi connectivity index (χ1v) is 10.8. The van der Waals surface area contributed by atoms with Gasteiger partial charge in [0.2, 0.25) is 16.1 Å². The van der Waals surface area contributed by atoms with Crippen molar-refractivity contribution in [2.45, 2.75) is 11.0 Å². The Hall–Kier alpha value is -2.36. The van der Waals surface area contributed by atoms with E-state index in [0.29, 0.717) is 11.5 Å². The Morgan fingerprint density at radius 1 is 1.07 bits per heavy atom. The lowest BCUT2D eigenvalue weighted by Gasteiger charge is -2.36. The first-order chi connectivity index (χ1) is 13.9. The molecule has 0 N–H and O–H groups in total. The number of rotatable bonds is 3. The fourth-order valence-corrected chi connectivity index (χ4v) is 4.97. The molecule has 2 heterocycles. The molecule has 1 saturated heterocycles. The molecule has 2 aromatic rings. The number of ether oxygens (including phenoxy) is 2. The van der Waals surface area contributed by atoms with Gasteiger partial charge in [0.15, 0.2) is 11.5 Å². The van der Waals surface area contributed by atoms with Crippen LogP contribution in [0.25, 0.3) is 0 Å². The van der Waals surface area contributed by atoms with Crippen molar-refractivity contribution in [3.63, 3.8) is 0 Å². The Kier molecular flexibility index (Phi) is 5.37. The second-order valence-electron chi connectivity index (χ2n) is 6.67. The molecular formula is C19H18ClFN2O5S. The summed E-state index contributed by atoms with van der Waals surface area (Å²) in [6, 6.07) is 10.4. The van der Waals surface area contributed by atoms with E-state index < -0.39 is 21.9 Å². The summed E-state index contributed by atoms with van der Waals surface area (Å²) >= 11 is 5.71. The van der Waals surface area contributed by atoms with Crippen LogP contribution in [0.3, 0.4) is 0 Å². The van der Waals surface area contributed by atoms with Crippen molar-refractivity contribution in [1.29, 1.82) is 0 Å². The number of benzene rings is 2. The van der Waals surface area contributed by atoms with E-state index in [0.717, 1.165) is 12.1 Å². The fourth-order valence-electron chi connectivity index (χ4n) is 3.28. The number of nitrogens with zero attached hydrogens (tertiary/aromatic N) is 2. The highest BCUT2D eigenvalue weighted by atomic mass is 35.5. The molecular weight excluding hydrogens is 423 g/mol. The summed E-state index contributed by atoms with van der Waals surface area (Å²) < 4.78 is 51.4. The quantitative estimate of drug-likeness (QED) is 0.731. The average Bonchev–Trinajstić information content (AvgIpc) is 2.74. The lowest BCUT2D eigenvalue weighted by atomic mass is 10.2. The predicted molar refractivity (Wildman–Crippen MR) is 103 cm³/mol. The van der Waals surface area contributed by atoms with Crippen molar-refractivity contribution < 1.29 is 27.1 Å². The molecule has 1 fully saturated rings. The predicted octanol–water partition coefficient (Wildman–Crippen LogP) is 2.15. The molecule has 0 saturated carbocycles. The standard InChI is InChI=1S/C19H18ClFN2O5S/c20-14-11-13(5-6-15(14)21)29(25,26)23-9-7-22(8-10-23)19(24)18-12-27-16-3-1-2-4-17(16)28-18/h1-6,11,18H,7-10,12H2. The Morgan fingerprint density at radius 2 is 1.76 bits per heavy atom. The number of hydrogen-bond acceptors (Lipinski definition) is 5. The van der Waals surface area contributed by atoms with Crippen LogP contribution in [-0.4, -0.2) is 62.4 Å². The third-order valence-electron chi connectivity index (χ3n) is 4.86. The zero-order valence-electron chi connectivity index (χ0n) is 15.3. The molecule has 1 unspecified atom stereocenters. The van der Waals surface area contributed by atoms with Gasteiger partial charge in [0.1, 0.15) is 12.4 Å². The average molecular weight is 441 g/mol. The topological polar surface area (TPSA) is 76.2 Å². The number of piperazine rings is 1. The second-order valence-corrected chi connectivity index (χ2v) is 9.01. The highest BCUT2D eigenvalue weighted by Gasteiger charge is 2.35. The Bertz CT molecular complexity index is 1040. The summed E-state index contributed by atoms with van der Waals surface area (Å²) in [6.07, 6.45) is -0.774. The van der Waals surface area contributed by atoms with Crippen LogP contribution < -0.4 is 9.47 Å². The SMILES string of the molecule is O=C(C1COc2ccccc2O1)N1CCN(S(=O)(=O)c2ccc(F)c(Cl)c2)CC1. The number of carbonyl (C=O) groups excluding carboxylic acids is 1. The number of hydrogen-bond donors (Lipinski definition) is 0. The first-order valence-electron chi connectivity index (χ1n) is 8.99. The van der Waals surface area contributed by atoms with Gasteiger partial charge in [0.25, 0.3) is 5.91 Å². The number of amides is 1. The highest BCUT2D eigenvalue weighted by molar-refractivity contribution is 7.89. The molecule has 2 aliphatic rings. The fraction of sp³-hybridized carbons (Fsp3) is 0.316. The maximum atomic E-state index is 13.3. The maximum absolute atomic E-state index is 13.3. The molecule has 0 bridgehead atoms. The molecule has 2 aliphatic heterocycles. The van der Waals surface area contributed by atoms with Gasteiger partial charge in [-0.2, -0.15) is 4.31 Å². The molecule has 1 atom stereocenters. The van der Waals surface area contributed by atoms with Crippen molar-refractivity contribution in [2.24, 2.45) is 0 Å². The maximum Gasteiger partial charge on any atom is 0.267 e. The smallest absolute Gasteiger partial charge is 0.267 e. The van der Waals surface area contributed by atoms with Gasteiger partial charge in [0, 0.05) is 26.2 Å². The van der Waals surface area contributed by atoms with Crippen molar-refractivity contribution in [1.82, 2.24) is 9.21 Å². The van der Waals surface area contributed by atoms with Crippen LogP contribution in [0.2, 0.25) is 5.02 Å². The van der Waals surface area contributed by atoms with Crippen molar-refractivity contribution in [3.8, 4) is 11.5 Å². The van der Waals surface area contributed by atoms with Gasteiger partial charge in [0.05, 0.1) is 9.92 Å². The number of fused-ring (bicyclic) bond motifs is 1. The molecule has 2 aromatic carbocycles. The normalized spacial score (nSPS) is 19.8. The van der Waals surface area contributed by atoms with Gasteiger partial charge in [-0.25, -0.2) is 12.8 Å². The summed E-state index contributed by atoms with van der Waals surface area (Å²) in [5, 5.41) is -0.255. The van der Waals surface area contributed by atoms with Crippen LogP contribution in [0.4, 0.5) is 4.39 Å². The van der Waals surface area contributed by atoms with E-state index in [-0.39, 0.29) is 48.6 Å². The Labute approximate surface area is 172 Å². The zero-order valence-corrected chi connectivity index (χ0v) is 16.8. The van der Waals surface area contributed by atoms with Crippen LogP contribution >= 0.6 is 11.6 Å². The van der Waals surface area contributed by atoms with Gasteiger partial charge in [-0.05, 0) is 30.3 Å². The minimum Gasteiger partial charge on any atom is -0.485 e.